The van der Waals surface area contributed by atoms with Crippen LogP contribution in [-0.2, 0) is 0 Å². The minimum atomic E-state index is 0.768. The maximum absolute atomic E-state index is 2.78. The van der Waals surface area contributed by atoms with Gasteiger partial charge in [-0.3, -0.25) is 0 Å². The first-order chi connectivity index (χ1) is 5.79. The number of fused-ring (bicyclic) bond motifs is 1. The van der Waals surface area contributed by atoms with Gasteiger partial charge in [-0.2, -0.15) is 0 Å². The quantitative estimate of drug-likeness (QED) is 0.537. The van der Waals surface area contributed by atoms with E-state index in [9.17, 15) is 0 Å². The fourth-order valence-electron chi connectivity index (χ4n) is 2.99. The van der Waals surface area contributed by atoms with E-state index in [1.165, 1.54) is 44.9 Å². The molecule has 0 amide bonds. The van der Waals surface area contributed by atoms with Crippen molar-refractivity contribution in [2.24, 2.45) is 11.8 Å². The number of hydrogen-bond donors (Lipinski definition) is 0. The van der Waals surface area contributed by atoms with Crippen LogP contribution in [0.1, 0.15) is 51.9 Å². The van der Waals surface area contributed by atoms with E-state index in [1.807, 2.05) is 0 Å². The first-order valence-electron chi connectivity index (χ1n) is 5.48. The SMILES string of the molecule is CCCCC1(I)C2CCCCC21. The molecule has 2 saturated carbocycles. The molecule has 70 valence electrons. The van der Waals surface area contributed by atoms with E-state index in [0.29, 0.717) is 0 Å². The third-order valence-corrected chi connectivity index (χ3v) is 5.94. The third kappa shape index (κ3) is 1.42. The van der Waals surface area contributed by atoms with Crippen molar-refractivity contribution in [2.45, 2.75) is 55.3 Å². The molecule has 2 fully saturated rings. The standard InChI is InChI=1S/C11H19I/c1-2-3-8-11(12)9-6-4-5-7-10(9)11/h9-10H,2-8H2,1H3. The summed E-state index contributed by atoms with van der Waals surface area (Å²) in [4.78, 5) is 0. The van der Waals surface area contributed by atoms with Gasteiger partial charge in [0.1, 0.15) is 0 Å². The van der Waals surface area contributed by atoms with Crippen molar-refractivity contribution in [1.82, 2.24) is 0 Å². The van der Waals surface area contributed by atoms with E-state index in [2.05, 4.69) is 29.5 Å². The van der Waals surface area contributed by atoms with Crippen molar-refractivity contribution in [3.63, 3.8) is 0 Å². The summed E-state index contributed by atoms with van der Waals surface area (Å²) in [6, 6.07) is 0. The summed E-state index contributed by atoms with van der Waals surface area (Å²) >= 11 is 2.78. The van der Waals surface area contributed by atoms with Gasteiger partial charge < -0.3 is 0 Å². The molecule has 0 nitrogen and oxygen atoms in total. The fraction of sp³-hybridized carbons (Fsp3) is 1.00. The highest BCUT2D eigenvalue weighted by molar-refractivity contribution is 14.1. The van der Waals surface area contributed by atoms with Crippen LogP contribution in [0.3, 0.4) is 0 Å². The second-order valence-corrected chi connectivity index (χ2v) is 6.54. The Hall–Kier alpha value is 0.730. The van der Waals surface area contributed by atoms with Crippen LogP contribution in [0.2, 0.25) is 0 Å². The predicted molar refractivity (Wildman–Crippen MR) is 61.7 cm³/mol. The number of rotatable bonds is 3. The fourth-order valence-corrected chi connectivity index (χ4v) is 4.69. The van der Waals surface area contributed by atoms with Crippen molar-refractivity contribution >= 4 is 22.6 Å². The van der Waals surface area contributed by atoms with Crippen LogP contribution in [0.4, 0.5) is 0 Å². The van der Waals surface area contributed by atoms with Gasteiger partial charge in [-0.25, -0.2) is 0 Å². The second kappa shape index (κ2) is 3.47. The zero-order chi connectivity index (χ0) is 8.60. The van der Waals surface area contributed by atoms with Gasteiger partial charge >= 0.3 is 0 Å². The molecule has 0 aromatic carbocycles. The molecule has 0 spiro atoms. The predicted octanol–water partition coefficient (Wildman–Crippen LogP) is 4.17. The Kier molecular flexibility index (Phi) is 2.69. The molecule has 2 aliphatic carbocycles. The van der Waals surface area contributed by atoms with Gasteiger partial charge in [-0.15, -0.1) is 0 Å². The summed E-state index contributed by atoms with van der Waals surface area (Å²) in [5.41, 5.74) is 0. The molecule has 0 radical (unpaired) electrons. The average molecular weight is 278 g/mol. The van der Waals surface area contributed by atoms with E-state index >= 15 is 0 Å². The average Bonchev–Trinajstić information content (AvgIpc) is 2.71. The van der Waals surface area contributed by atoms with Gasteiger partial charge in [-0.05, 0) is 31.1 Å². The molecular formula is C11H19I. The zero-order valence-corrected chi connectivity index (χ0v) is 10.1. The Morgan fingerprint density at radius 3 is 2.33 bits per heavy atom. The minimum absolute atomic E-state index is 0.768. The van der Waals surface area contributed by atoms with Gasteiger partial charge in [0.15, 0.2) is 0 Å². The van der Waals surface area contributed by atoms with Gasteiger partial charge in [0.2, 0.25) is 0 Å². The summed E-state index contributed by atoms with van der Waals surface area (Å²) in [5.74, 6) is 2.25. The number of unbranched alkanes of at least 4 members (excludes halogenated alkanes) is 1. The molecule has 1 heteroatoms. The van der Waals surface area contributed by atoms with Crippen LogP contribution < -0.4 is 0 Å². The maximum Gasteiger partial charge on any atom is 0.0284 e. The van der Waals surface area contributed by atoms with Crippen LogP contribution in [-0.4, -0.2) is 3.42 Å². The first kappa shape index (κ1) is 9.29. The van der Waals surface area contributed by atoms with Gasteiger partial charge in [0.25, 0.3) is 0 Å². The number of hydrogen-bond acceptors (Lipinski definition) is 0. The molecule has 2 rings (SSSR count). The molecule has 2 aliphatic rings. The molecule has 12 heavy (non-hydrogen) atoms. The van der Waals surface area contributed by atoms with Crippen LogP contribution >= 0.6 is 22.6 Å². The lowest BCUT2D eigenvalue weighted by Gasteiger charge is -2.07. The normalized spacial score (nSPS) is 45.5. The van der Waals surface area contributed by atoms with Crippen molar-refractivity contribution in [3.8, 4) is 0 Å². The Morgan fingerprint density at radius 1 is 1.25 bits per heavy atom. The van der Waals surface area contributed by atoms with E-state index in [1.54, 1.807) is 0 Å². The maximum atomic E-state index is 2.78. The van der Waals surface area contributed by atoms with E-state index < -0.39 is 0 Å². The lowest BCUT2D eigenvalue weighted by atomic mass is 10.0. The van der Waals surface area contributed by atoms with E-state index in [-0.39, 0.29) is 0 Å². The third-order valence-electron chi connectivity index (χ3n) is 3.80. The molecule has 0 bridgehead atoms. The first-order valence-corrected chi connectivity index (χ1v) is 6.56. The van der Waals surface area contributed by atoms with Crippen molar-refractivity contribution < 1.29 is 0 Å². The topological polar surface area (TPSA) is 0 Å². The monoisotopic (exact) mass is 278 g/mol. The van der Waals surface area contributed by atoms with E-state index in [0.717, 1.165) is 15.3 Å². The number of halogens is 1. The lowest BCUT2D eigenvalue weighted by Crippen LogP contribution is -2.01. The molecule has 0 saturated heterocycles. The molecule has 2 atom stereocenters. The Morgan fingerprint density at radius 2 is 1.83 bits per heavy atom. The van der Waals surface area contributed by atoms with Crippen LogP contribution in [0.25, 0.3) is 0 Å². The zero-order valence-electron chi connectivity index (χ0n) is 7.98. The van der Waals surface area contributed by atoms with Crippen LogP contribution in [0.5, 0.6) is 0 Å². The Bertz CT molecular complexity index is 152. The highest BCUT2D eigenvalue weighted by Gasteiger charge is 2.61. The highest BCUT2D eigenvalue weighted by atomic mass is 127. The van der Waals surface area contributed by atoms with Crippen molar-refractivity contribution in [2.75, 3.05) is 0 Å². The largest absolute Gasteiger partial charge is 0.0782 e. The van der Waals surface area contributed by atoms with Gasteiger partial charge in [0.05, 0.1) is 0 Å². The van der Waals surface area contributed by atoms with Crippen LogP contribution in [0, 0.1) is 11.8 Å². The summed E-state index contributed by atoms with van der Waals surface area (Å²) in [6.07, 6.45) is 10.4. The summed E-state index contributed by atoms with van der Waals surface area (Å²) < 4.78 is 0.768. The summed E-state index contributed by atoms with van der Waals surface area (Å²) in [5, 5.41) is 0. The second-order valence-electron chi connectivity index (χ2n) is 4.53. The van der Waals surface area contributed by atoms with Crippen molar-refractivity contribution in [3.05, 3.63) is 0 Å². The summed E-state index contributed by atoms with van der Waals surface area (Å²) in [7, 11) is 0. The molecule has 2 unspecified atom stereocenters. The molecule has 0 N–H and O–H groups in total. The van der Waals surface area contributed by atoms with Gasteiger partial charge in [-0.1, -0.05) is 55.2 Å². The molecule has 0 aliphatic heterocycles. The Labute approximate surface area is 89.6 Å². The smallest absolute Gasteiger partial charge is 0.0284 e. The molecule has 0 aromatic heterocycles. The molecule has 0 heterocycles. The minimum Gasteiger partial charge on any atom is -0.0782 e. The molecular weight excluding hydrogens is 259 g/mol. The Balaban J connectivity index is 1.87. The number of alkyl halides is 1. The lowest BCUT2D eigenvalue weighted by molar-refractivity contribution is 0.480. The van der Waals surface area contributed by atoms with E-state index in [4.69, 9.17) is 0 Å². The summed E-state index contributed by atoms with van der Waals surface area (Å²) in [6.45, 7) is 2.31. The van der Waals surface area contributed by atoms with Gasteiger partial charge in [0, 0.05) is 3.42 Å². The highest BCUT2D eigenvalue weighted by Crippen LogP contribution is 2.66. The molecule has 0 aromatic rings. The van der Waals surface area contributed by atoms with Crippen molar-refractivity contribution in [1.29, 1.82) is 0 Å². The van der Waals surface area contributed by atoms with Crippen LogP contribution in [0.15, 0.2) is 0 Å².